The van der Waals surface area contributed by atoms with Crippen LogP contribution in [0.1, 0.15) is 35.7 Å². The number of likely N-dealkylation sites (N-methyl/N-ethyl adjacent to an activating group) is 1. The zero-order chi connectivity index (χ0) is 14.9. The highest BCUT2D eigenvalue weighted by Gasteiger charge is 2.30. The van der Waals surface area contributed by atoms with Crippen LogP contribution in [0.3, 0.4) is 0 Å². The van der Waals surface area contributed by atoms with Crippen LogP contribution in [0.15, 0.2) is 36.1 Å². The third kappa shape index (κ3) is 2.78. The van der Waals surface area contributed by atoms with Gasteiger partial charge in [0.2, 0.25) is 0 Å². The van der Waals surface area contributed by atoms with Gasteiger partial charge >= 0.3 is 0 Å². The molecule has 114 valence electrons. The molecule has 5 heteroatoms. The second-order valence-corrected chi connectivity index (χ2v) is 6.99. The predicted molar refractivity (Wildman–Crippen MR) is 89.3 cm³/mol. The Labute approximate surface area is 134 Å². The summed E-state index contributed by atoms with van der Waals surface area (Å²) < 4.78 is 2.28. The molecule has 0 unspecified atom stereocenters. The fourth-order valence-electron chi connectivity index (χ4n) is 2.89. The summed E-state index contributed by atoms with van der Waals surface area (Å²) in [6.07, 6.45) is 9.56. The first-order chi connectivity index (χ1) is 10.8. The molecule has 1 saturated carbocycles. The Balaban J connectivity index is 1.48. The molecule has 0 N–H and O–H groups in total. The van der Waals surface area contributed by atoms with Crippen molar-refractivity contribution in [1.29, 1.82) is 0 Å². The van der Waals surface area contributed by atoms with Gasteiger partial charge in [0.1, 0.15) is 0 Å². The van der Waals surface area contributed by atoms with E-state index in [0.29, 0.717) is 5.92 Å². The molecule has 1 aliphatic rings. The third-order valence-corrected chi connectivity index (χ3v) is 5.06. The summed E-state index contributed by atoms with van der Waals surface area (Å²) in [5.41, 5.74) is 4.07. The van der Waals surface area contributed by atoms with Gasteiger partial charge in [-0.2, -0.15) is 0 Å². The molecule has 4 rings (SSSR count). The molecule has 1 aliphatic carbocycles. The fourth-order valence-corrected chi connectivity index (χ4v) is 3.63. The van der Waals surface area contributed by atoms with Crippen molar-refractivity contribution in [3.05, 3.63) is 53.1 Å². The largest absolute Gasteiger partial charge is 0.300 e. The molecule has 22 heavy (non-hydrogen) atoms. The van der Waals surface area contributed by atoms with Gasteiger partial charge in [0, 0.05) is 43.0 Å². The molecular formula is C17H20N4S. The van der Waals surface area contributed by atoms with E-state index < -0.39 is 0 Å². The molecule has 3 aromatic rings. The SMILES string of the molecule is CN(CCc1ccncc1)Cc1c(C2CC2)nc2sccn12. The van der Waals surface area contributed by atoms with Gasteiger partial charge in [-0.1, -0.05) is 0 Å². The average Bonchev–Trinajstić information content (AvgIpc) is 3.19. The number of hydrogen-bond donors (Lipinski definition) is 0. The van der Waals surface area contributed by atoms with Crippen molar-refractivity contribution < 1.29 is 0 Å². The molecule has 0 bridgehead atoms. The number of fused-ring (bicyclic) bond motifs is 1. The van der Waals surface area contributed by atoms with Crippen molar-refractivity contribution in [1.82, 2.24) is 19.3 Å². The number of hydrogen-bond acceptors (Lipinski definition) is 4. The van der Waals surface area contributed by atoms with Crippen LogP contribution in [0.5, 0.6) is 0 Å². The van der Waals surface area contributed by atoms with Gasteiger partial charge in [0.05, 0.1) is 11.4 Å². The van der Waals surface area contributed by atoms with Crippen molar-refractivity contribution in [3.8, 4) is 0 Å². The molecule has 4 nitrogen and oxygen atoms in total. The Morgan fingerprint density at radius 3 is 2.91 bits per heavy atom. The Bertz CT molecular complexity index is 757. The molecule has 0 saturated heterocycles. The van der Waals surface area contributed by atoms with Crippen LogP contribution in [0.4, 0.5) is 0 Å². The number of rotatable bonds is 6. The van der Waals surface area contributed by atoms with Gasteiger partial charge in [-0.05, 0) is 44.0 Å². The quantitative estimate of drug-likeness (QED) is 0.700. The maximum atomic E-state index is 4.85. The van der Waals surface area contributed by atoms with Crippen LogP contribution in [0.2, 0.25) is 0 Å². The molecule has 0 radical (unpaired) electrons. The standard InChI is InChI=1S/C17H20N4S/c1-20(9-6-13-4-7-18-8-5-13)12-15-16(14-2-3-14)19-17-21(15)10-11-22-17/h4-5,7-8,10-11,14H,2-3,6,9,12H2,1H3. The van der Waals surface area contributed by atoms with Crippen molar-refractivity contribution in [2.75, 3.05) is 13.6 Å². The Morgan fingerprint density at radius 1 is 1.32 bits per heavy atom. The van der Waals surface area contributed by atoms with Crippen LogP contribution in [0.25, 0.3) is 4.96 Å². The topological polar surface area (TPSA) is 33.4 Å². The van der Waals surface area contributed by atoms with Gasteiger partial charge in [0.25, 0.3) is 0 Å². The van der Waals surface area contributed by atoms with Gasteiger partial charge in [0.15, 0.2) is 4.96 Å². The molecule has 3 heterocycles. The number of nitrogens with zero attached hydrogens (tertiary/aromatic N) is 4. The molecule has 0 aromatic carbocycles. The van der Waals surface area contributed by atoms with Gasteiger partial charge < -0.3 is 4.90 Å². The zero-order valence-corrected chi connectivity index (χ0v) is 13.6. The number of thiazole rings is 1. The molecule has 3 aromatic heterocycles. The van der Waals surface area contributed by atoms with E-state index in [0.717, 1.165) is 24.5 Å². The first-order valence-corrected chi connectivity index (χ1v) is 8.71. The summed E-state index contributed by atoms with van der Waals surface area (Å²) in [5, 5.41) is 2.12. The Hall–Kier alpha value is -1.72. The van der Waals surface area contributed by atoms with Crippen LogP contribution >= 0.6 is 11.3 Å². The van der Waals surface area contributed by atoms with E-state index in [1.165, 1.54) is 29.8 Å². The van der Waals surface area contributed by atoms with Crippen LogP contribution in [-0.4, -0.2) is 32.9 Å². The number of pyridine rings is 1. The summed E-state index contributed by atoms with van der Waals surface area (Å²) >= 11 is 1.73. The lowest BCUT2D eigenvalue weighted by Crippen LogP contribution is -2.22. The number of imidazole rings is 1. The van der Waals surface area contributed by atoms with Gasteiger partial charge in [-0.15, -0.1) is 11.3 Å². The predicted octanol–water partition coefficient (Wildman–Crippen LogP) is 3.34. The van der Waals surface area contributed by atoms with E-state index in [4.69, 9.17) is 4.98 Å². The van der Waals surface area contributed by atoms with Crippen molar-refractivity contribution >= 4 is 16.3 Å². The molecule has 1 fully saturated rings. The molecule has 0 spiro atoms. The normalized spacial score (nSPS) is 15.0. The average molecular weight is 312 g/mol. The molecule has 0 amide bonds. The lowest BCUT2D eigenvalue weighted by Gasteiger charge is -2.17. The minimum atomic E-state index is 0.704. The van der Waals surface area contributed by atoms with Crippen LogP contribution < -0.4 is 0 Å². The number of aromatic nitrogens is 3. The second-order valence-electron chi connectivity index (χ2n) is 6.12. The summed E-state index contributed by atoms with van der Waals surface area (Å²) in [5.74, 6) is 0.704. The van der Waals surface area contributed by atoms with Crippen LogP contribution in [0, 0.1) is 0 Å². The Morgan fingerprint density at radius 2 is 2.14 bits per heavy atom. The fraction of sp³-hybridized carbons (Fsp3) is 0.412. The first kappa shape index (κ1) is 13.9. The lowest BCUT2D eigenvalue weighted by atomic mass is 10.2. The molecule has 0 aliphatic heterocycles. The maximum absolute atomic E-state index is 4.85. The highest BCUT2D eigenvalue weighted by molar-refractivity contribution is 7.15. The molecular weight excluding hydrogens is 292 g/mol. The zero-order valence-electron chi connectivity index (χ0n) is 12.8. The summed E-state index contributed by atoms with van der Waals surface area (Å²) in [7, 11) is 2.20. The van der Waals surface area contributed by atoms with E-state index >= 15 is 0 Å². The third-order valence-electron chi connectivity index (χ3n) is 4.31. The maximum Gasteiger partial charge on any atom is 0.194 e. The lowest BCUT2D eigenvalue weighted by molar-refractivity contribution is 0.325. The highest BCUT2D eigenvalue weighted by atomic mass is 32.1. The van der Waals surface area contributed by atoms with Gasteiger partial charge in [-0.3, -0.25) is 9.38 Å². The van der Waals surface area contributed by atoms with Gasteiger partial charge in [-0.25, -0.2) is 4.98 Å². The van der Waals surface area contributed by atoms with Crippen LogP contribution in [-0.2, 0) is 13.0 Å². The Kier molecular flexibility index (Phi) is 3.68. The summed E-state index contributed by atoms with van der Waals surface area (Å²) in [6, 6.07) is 4.19. The van der Waals surface area contributed by atoms with Crippen molar-refractivity contribution in [3.63, 3.8) is 0 Å². The summed E-state index contributed by atoms with van der Waals surface area (Å²) in [4.78, 5) is 12.5. The highest BCUT2D eigenvalue weighted by Crippen LogP contribution is 2.42. The van der Waals surface area contributed by atoms with E-state index in [2.05, 4.69) is 45.0 Å². The monoisotopic (exact) mass is 312 g/mol. The van der Waals surface area contributed by atoms with Crippen molar-refractivity contribution in [2.24, 2.45) is 0 Å². The van der Waals surface area contributed by atoms with E-state index in [1.807, 2.05) is 12.4 Å². The van der Waals surface area contributed by atoms with E-state index in [-0.39, 0.29) is 0 Å². The summed E-state index contributed by atoms with van der Waals surface area (Å²) in [6.45, 7) is 2.01. The minimum absolute atomic E-state index is 0.704. The first-order valence-electron chi connectivity index (χ1n) is 7.83. The van der Waals surface area contributed by atoms with E-state index in [9.17, 15) is 0 Å². The van der Waals surface area contributed by atoms with Crippen molar-refractivity contribution in [2.45, 2.75) is 31.7 Å². The molecule has 0 atom stereocenters. The second kappa shape index (κ2) is 5.82. The minimum Gasteiger partial charge on any atom is -0.300 e. The smallest absolute Gasteiger partial charge is 0.194 e. The van der Waals surface area contributed by atoms with E-state index in [1.54, 1.807) is 11.3 Å².